The smallest absolute Gasteiger partial charge is 0.170 e. The second kappa shape index (κ2) is 7.03. The molecule has 1 atom stereocenters. The van der Waals surface area contributed by atoms with E-state index in [0.29, 0.717) is 11.5 Å². The molecule has 0 aromatic heterocycles. The van der Waals surface area contributed by atoms with Crippen LogP contribution in [0.4, 0.5) is 13.2 Å². The lowest BCUT2D eigenvalue weighted by Gasteiger charge is -2.20. The van der Waals surface area contributed by atoms with Crippen LogP contribution in [0.15, 0.2) is 66.8 Å². The van der Waals surface area contributed by atoms with Gasteiger partial charge in [-0.2, -0.15) is 13.2 Å². The van der Waals surface area contributed by atoms with Crippen molar-refractivity contribution in [3.05, 3.63) is 77.9 Å². The van der Waals surface area contributed by atoms with Crippen molar-refractivity contribution in [1.29, 1.82) is 0 Å². The summed E-state index contributed by atoms with van der Waals surface area (Å²) in [7, 11) is 0. The van der Waals surface area contributed by atoms with Crippen LogP contribution in [0.5, 0.6) is 0 Å². The first-order chi connectivity index (χ1) is 10.8. The van der Waals surface area contributed by atoms with E-state index < -0.39 is 12.1 Å². The van der Waals surface area contributed by atoms with Gasteiger partial charge in [-0.1, -0.05) is 80.6 Å². The number of halogens is 3. The van der Waals surface area contributed by atoms with Crippen LogP contribution < -0.4 is 0 Å². The highest BCUT2D eigenvalue weighted by atomic mass is 19.4. The monoisotopic (exact) mass is 318 g/mol. The maximum Gasteiger partial charge on any atom is 0.398 e. The number of allylic oxidation sites excluding steroid dienone is 7. The normalized spacial score (nSPS) is 18.0. The zero-order valence-corrected chi connectivity index (χ0v) is 13.4. The summed E-state index contributed by atoms with van der Waals surface area (Å²) in [4.78, 5) is 0. The summed E-state index contributed by atoms with van der Waals surface area (Å²) in [6.45, 7) is 8.17. The molecule has 0 amide bonds. The molecule has 3 heteroatoms. The molecule has 0 nitrogen and oxygen atoms in total. The number of hydrogen-bond donors (Lipinski definition) is 0. The molecule has 1 aromatic rings. The van der Waals surface area contributed by atoms with Gasteiger partial charge in [-0.3, -0.25) is 0 Å². The lowest BCUT2D eigenvalue weighted by molar-refractivity contribution is -0.151. The molecule has 2 rings (SSSR count). The summed E-state index contributed by atoms with van der Waals surface area (Å²) in [6.07, 6.45) is 3.54. The molecule has 23 heavy (non-hydrogen) atoms. The predicted molar refractivity (Wildman–Crippen MR) is 89.9 cm³/mol. The molecule has 0 radical (unpaired) electrons. The zero-order chi connectivity index (χ0) is 17.0. The first-order valence-corrected chi connectivity index (χ1v) is 7.68. The Morgan fingerprint density at radius 2 is 1.91 bits per heavy atom. The Bertz CT molecular complexity index is 658. The predicted octanol–water partition coefficient (Wildman–Crippen LogP) is 6.13. The molecule has 1 aliphatic rings. The summed E-state index contributed by atoms with van der Waals surface area (Å²) in [5.74, 6) is -1.23. The Labute approximate surface area is 135 Å². The Morgan fingerprint density at radius 3 is 2.57 bits per heavy atom. The minimum Gasteiger partial charge on any atom is -0.170 e. The van der Waals surface area contributed by atoms with Gasteiger partial charge >= 0.3 is 6.18 Å². The van der Waals surface area contributed by atoms with E-state index >= 15 is 0 Å². The lowest BCUT2D eigenvalue weighted by atomic mass is 9.90. The number of alkyl halides is 3. The van der Waals surface area contributed by atoms with Crippen molar-refractivity contribution in [2.75, 3.05) is 0 Å². The fraction of sp³-hybridized carbons (Fsp3) is 0.300. The Morgan fingerprint density at radius 1 is 1.17 bits per heavy atom. The maximum atomic E-state index is 13.3. The average Bonchev–Trinajstić information content (AvgIpc) is 2.71. The Kier molecular flexibility index (Phi) is 5.30. The zero-order valence-electron chi connectivity index (χ0n) is 13.4. The van der Waals surface area contributed by atoms with Crippen molar-refractivity contribution in [1.82, 2.24) is 0 Å². The summed E-state index contributed by atoms with van der Waals surface area (Å²) in [6, 6.07) is 7.64. The van der Waals surface area contributed by atoms with Gasteiger partial charge in [-0.25, -0.2) is 0 Å². The fourth-order valence-corrected chi connectivity index (χ4v) is 2.58. The molecule has 122 valence electrons. The minimum atomic E-state index is -4.27. The van der Waals surface area contributed by atoms with Gasteiger partial charge in [0.1, 0.15) is 0 Å². The molecule has 0 saturated heterocycles. The van der Waals surface area contributed by atoms with Crippen LogP contribution >= 0.6 is 0 Å². The van der Waals surface area contributed by atoms with E-state index in [2.05, 4.69) is 20.4 Å². The molecule has 0 bridgehead atoms. The van der Waals surface area contributed by atoms with Crippen molar-refractivity contribution in [2.24, 2.45) is 11.8 Å². The minimum absolute atomic E-state index is 0.276. The van der Waals surface area contributed by atoms with Crippen LogP contribution in [0.2, 0.25) is 0 Å². The van der Waals surface area contributed by atoms with Crippen molar-refractivity contribution >= 4 is 5.57 Å². The van der Waals surface area contributed by atoms with Crippen LogP contribution in [-0.2, 0) is 6.42 Å². The molecular weight excluding hydrogens is 297 g/mol. The molecule has 0 heterocycles. The van der Waals surface area contributed by atoms with Gasteiger partial charge in [0.05, 0.1) is 5.92 Å². The number of rotatable bonds is 4. The molecule has 1 aliphatic carbocycles. The van der Waals surface area contributed by atoms with E-state index in [1.807, 2.05) is 24.3 Å². The molecular formula is C20H21F3. The molecule has 0 spiro atoms. The molecule has 0 saturated carbocycles. The maximum absolute atomic E-state index is 13.3. The summed E-state index contributed by atoms with van der Waals surface area (Å²) >= 11 is 0. The fourth-order valence-electron chi connectivity index (χ4n) is 2.58. The topological polar surface area (TPSA) is 0 Å². The SMILES string of the molecule is C=C(c1cccc(CC2=CC=CC=CC2C(F)(F)F)c1)C(C)C. The van der Waals surface area contributed by atoms with Crippen molar-refractivity contribution in [2.45, 2.75) is 26.4 Å². The lowest BCUT2D eigenvalue weighted by Crippen LogP contribution is -2.23. The number of hydrogen-bond acceptors (Lipinski definition) is 0. The molecule has 0 aliphatic heterocycles. The van der Waals surface area contributed by atoms with E-state index in [0.717, 1.165) is 16.7 Å². The Hall–Kier alpha value is -2.03. The highest BCUT2D eigenvalue weighted by molar-refractivity contribution is 5.65. The second-order valence-electron chi connectivity index (χ2n) is 6.09. The van der Waals surface area contributed by atoms with Crippen molar-refractivity contribution < 1.29 is 13.2 Å². The van der Waals surface area contributed by atoms with Gasteiger partial charge in [-0.15, -0.1) is 0 Å². The van der Waals surface area contributed by atoms with Gasteiger partial charge in [0.2, 0.25) is 0 Å². The van der Waals surface area contributed by atoms with Crippen LogP contribution in [0, 0.1) is 11.8 Å². The first kappa shape index (κ1) is 17.3. The van der Waals surface area contributed by atoms with E-state index in [4.69, 9.17) is 0 Å². The van der Waals surface area contributed by atoms with E-state index in [1.54, 1.807) is 18.2 Å². The van der Waals surface area contributed by atoms with Crippen molar-refractivity contribution in [3.8, 4) is 0 Å². The van der Waals surface area contributed by atoms with E-state index in [-0.39, 0.29) is 6.42 Å². The largest absolute Gasteiger partial charge is 0.398 e. The standard InChI is InChI=1S/C20H21F3/c1-14(2)15(3)17-10-7-8-16(12-17)13-18-9-5-4-6-11-19(18)20(21,22)23/h4-12,14,19H,3,13H2,1-2H3. The van der Waals surface area contributed by atoms with Gasteiger partial charge in [0.25, 0.3) is 0 Å². The third kappa shape index (κ3) is 4.47. The third-order valence-corrected chi connectivity index (χ3v) is 3.99. The molecule has 1 unspecified atom stereocenters. The van der Waals surface area contributed by atoms with Crippen LogP contribution in [0.3, 0.4) is 0 Å². The van der Waals surface area contributed by atoms with Gasteiger partial charge in [0, 0.05) is 0 Å². The molecule has 0 N–H and O–H groups in total. The van der Waals surface area contributed by atoms with Crippen LogP contribution in [0.25, 0.3) is 5.57 Å². The quantitative estimate of drug-likeness (QED) is 0.626. The van der Waals surface area contributed by atoms with Crippen molar-refractivity contribution in [3.63, 3.8) is 0 Å². The first-order valence-electron chi connectivity index (χ1n) is 7.68. The average molecular weight is 318 g/mol. The van der Waals surface area contributed by atoms with Gasteiger partial charge in [0.15, 0.2) is 0 Å². The highest BCUT2D eigenvalue weighted by Gasteiger charge is 2.40. The van der Waals surface area contributed by atoms with Crippen LogP contribution in [0.1, 0.15) is 25.0 Å². The third-order valence-electron chi connectivity index (χ3n) is 3.99. The second-order valence-corrected chi connectivity index (χ2v) is 6.09. The summed E-state index contributed by atoms with van der Waals surface area (Å²) in [5, 5.41) is 0. The number of benzene rings is 1. The molecule has 1 aromatic carbocycles. The van der Waals surface area contributed by atoms with E-state index in [9.17, 15) is 13.2 Å². The van der Waals surface area contributed by atoms with Crippen LogP contribution in [-0.4, -0.2) is 6.18 Å². The summed E-state index contributed by atoms with van der Waals surface area (Å²) in [5.41, 5.74) is 3.21. The van der Waals surface area contributed by atoms with Gasteiger partial charge in [-0.05, 0) is 29.0 Å². The molecule has 0 fully saturated rings. The Balaban J connectivity index is 2.28. The van der Waals surface area contributed by atoms with Gasteiger partial charge < -0.3 is 0 Å². The van der Waals surface area contributed by atoms with E-state index in [1.165, 1.54) is 12.2 Å². The highest BCUT2D eigenvalue weighted by Crippen LogP contribution is 2.36. The summed E-state index contributed by atoms with van der Waals surface area (Å²) < 4.78 is 39.8.